The first kappa shape index (κ1) is 20.8. The molecule has 29 heavy (non-hydrogen) atoms. The van der Waals surface area contributed by atoms with Gasteiger partial charge in [-0.2, -0.15) is 0 Å². The SMILES string of the molecule is CCc1ccc(C2=C(C)C(=NCC(=O)Nc3cc(C)ccc3C)NS2(=O)=O)cc1. The van der Waals surface area contributed by atoms with Gasteiger partial charge in [-0.3, -0.25) is 14.5 Å². The van der Waals surface area contributed by atoms with Crippen molar-refractivity contribution < 1.29 is 13.2 Å². The number of amides is 1. The van der Waals surface area contributed by atoms with E-state index >= 15 is 0 Å². The molecule has 7 heteroatoms. The van der Waals surface area contributed by atoms with Gasteiger partial charge in [0, 0.05) is 11.3 Å². The van der Waals surface area contributed by atoms with Crippen LogP contribution >= 0.6 is 0 Å². The number of aryl methyl sites for hydroxylation is 3. The Balaban J connectivity index is 1.81. The second kappa shape index (κ2) is 8.21. The van der Waals surface area contributed by atoms with E-state index in [-0.39, 0.29) is 23.2 Å². The third-order valence-electron chi connectivity index (χ3n) is 4.87. The van der Waals surface area contributed by atoms with Crippen molar-refractivity contribution in [3.63, 3.8) is 0 Å². The first-order chi connectivity index (χ1) is 13.7. The van der Waals surface area contributed by atoms with Gasteiger partial charge >= 0.3 is 0 Å². The predicted molar refractivity (Wildman–Crippen MR) is 117 cm³/mol. The van der Waals surface area contributed by atoms with Crippen LogP contribution in [0.15, 0.2) is 53.0 Å². The number of benzene rings is 2. The third kappa shape index (κ3) is 4.56. The van der Waals surface area contributed by atoms with Gasteiger partial charge in [-0.25, -0.2) is 8.42 Å². The average molecular weight is 412 g/mol. The van der Waals surface area contributed by atoms with Crippen LogP contribution in [0.25, 0.3) is 4.91 Å². The molecule has 0 spiro atoms. The normalized spacial score (nSPS) is 16.8. The lowest BCUT2D eigenvalue weighted by molar-refractivity contribution is -0.114. The molecular formula is C22H25N3O3S. The predicted octanol–water partition coefficient (Wildman–Crippen LogP) is 3.57. The van der Waals surface area contributed by atoms with Gasteiger partial charge in [-0.1, -0.05) is 43.3 Å². The van der Waals surface area contributed by atoms with Crippen LogP contribution in [-0.4, -0.2) is 26.7 Å². The van der Waals surface area contributed by atoms with E-state index in [2.05, 4.69) is 15.0 Å². The maximum absolute atomic E-state index is 12.6. The number of nitrogens with one attached hydrogen (secondary N) is 2. The number of aliphatic imine (C=N–C) groups is 1. The van der Waals surface area contributed by atoms with Gasteiger partial charge in [0.15, 0.2) is 0 Å². The van der Waals surface area contributed by atoms with E-state index in [9.17, 15) is 13.2 Å². The van der Waals surface area contributed by atoms with Gasteiger partial charge in [-0.05, 0) is 55.5 Å². The monoisotopic (exact) mass is 411 g/mol. The van der Waals surface area contributed by atoms with Crippen LogP contribution < -0.4 is 10.0 Å². The van der Waals surface area contributed by atoms with Gasteiger partial charge in [0.2, 0.25) is 5.91 Å². The molecule has 0 aliphatic carbocycles. The van der Waals surface area contributed by atoms with Gasteiger partial charge in [0.25, 0.3) is 10.0 Å². The molecule has 0 atom stereocenters. The number of nitrogens with zero attached hydrogens (tertiary/aromatic N) is 1. The highest BCUT2D eigenvalue weighted by Gasteiger charge is 2.32. The highest BCUT2D eigenvalue weighted by atomic mass is 32.2. The number of amidine groups is 1. The fraction of sp³-hybridized carbons (Fsp3) is 0.273. The molecule has 0 unspecified atom stereocenters. The summed E-state index contributed by atoms with van der Waals surface area (Å²) in [4.78, 5) is 16.7. The Morgan fingerprint density at radius 3 is 2.41 bits per heavy atom. The van der Waals surface area contributed by atoms with E-state index in [1.807, 2.05) is 51.1 Å². The minimum Gasteiger partial charge on any atom is -0.324 e. The third-order valence-corrected chi connectivity index (χ3v) is 6.41. The molecule has 0 fully saturated rings. The summed E-state index contributed by atoms with van der Waals surface area (Å²) in [5.74, 6) is -0.102. The summed E-state index contributed by atoms with van der Waals surface area (Å²) < 4.78 is 27.7. The molecule has 3 rings (SSSR count). The lowest BCUT2D eigenvalue weighted by atomic mass is 10.1. The van der Waals surface area contributed by atoms with E-state index in [0.29, 0.717) is 11.1 Å². The summed E-state index contributed by atoms with van der Waals surface area (Å²) in [6.07, 6.45) is 0.880. The largest absolute Gasteiger partial charge is 0.324 e. The molecule has 6 nitrogen and oxygen atoms in total. The number of anilines is 1. The van der Waals surface area contributed by atoms with E-state index in [4.69, 9.17) is 0 Å². The molecule has 0 aromatic heterocycles. The van der Waals surface area contributed by atoms with Crippen molar-refractivity contribution in [3.8, 4) is 0 Å². The van der Waals surface area contributed by atoms with Crippen LogP contribution in [0.5, 0.6) is 0 Å². The van der Waals surface area contributed by atoms with Crippen LogP contribution in [0, 0.1) is 13.8 Å². The Kier molecular flexibility index (Phi) is 5.88. The van der Waals surface area contributed by atoms with Crippen LogP contribution in [0.4, 0.5) is 5.69 Å². The van der Waals surface area contributed by atoms with Crippen molar-refractivity contribution in [2.24, 2.45) is 4.99 Å². The zero-order valence-corrected chi connectivity index (χ0v) is 17.9. The smallest absolute Gasteiger partial charge is 0.264 e. The standard InChI is InChI=1S/C22H25N3O3S/c1-5-17-8-10-18(11-9-17)21-16(4)22(25-29(21,27)28)23-13-20(26)24-19-12-14(2)6-7-15(19)3/h6-12H,5,13H2,1-4H3,(H,23,25)(H,24,26). The van der Waals surface area contributed by atoms with Crippen molar-refractivity contribution in [3.05, 3.63) is 70.3 Å². The lowest BCUT2D eigenvalue weighted by Crippen LogP contribution is -2.25. The van der Waals surface area contributed by atoms with Crippen LogP contribution in [0.3, 0.4) is 0 Å². The molecule has 0 saturated carbocycles. The number of sulfonamides is 1. The Morgan fingerprint density at radius 2 is 1.76 bits per heavy atom. The first-order valence-electron chi connectivity index (χ1n) is 9.46. The molecular weight excluding hydrogens is 386 g/mol. The Labute approximate surface area is 171 Å². The summed E-state index contributed by atoms with van der Waals surface area (Å²) in [6.45, 7) is 7.43. The Hall–Kier alpha value is -2.93. The maximum Gasteiger partial charge on any atom is 0.264 e. The van der Waals surface area contributed by atoms with E-state index < -0.39 is 10.0 Å². The molecule has 1 aliphatic heterocycles. The average Bonchev–Trinajstić information content (AvgIpc) is 2.91. The minimum absolute atomic E-state index is 0.176. The van der Waals surface area contributed by atoms with Crippen molar-refractivity contribution >= 4 is 32.4 Å². The van der Waals surface area contributed by atoms with Gasteiger partial charge in [-0.15, -0.1) is 0 Å². The van der Waals surface area contributed by atoms with E-state index in [1.165, 1.54) is 0 Å². The zero-order chi connectivity index (χ0) is 21.2. The maximum atomic E-state index is 12.6. The molecule has 0 radical (unpaired) electrons. The van der Waals surface area contributed by atoms with E-state index in [0.717, 1.165) is 28.8 Å². The van der Waals surface area contributed by atoms with Crippen molar-refractivity contribution in [1.82, 2.24) is 4.72 Å². The summed E-state index contributed by atoms with van der Waals surface area (Å²) in [5, 5.41) is 2.83. The molecule has 2 N–H and O–H groups in total. The summed E-state index contributed by atoms with van der Waals surface area (Å²) in [7, 11) is -3.71. The number of rotatable bonds is 5. The van der Waals surface area contributed by atoms with Crippen molar-refractivity contribution in [2.45, 2.75) is 34.1 Å². The summed E-state index contributed by atoms with van der Waals surface area (Å²) in [6, 6.07) is 13.2. The summed E-state index contributed by atoms with van der Waals surface area (Å²) >= 11 is 0. The second-order valence-electron chi connectivity index (χ2n) is 7.14. The second-order valence-corrected chi connectivity index (χ2v) is 8.76. The quantitative estimate of drug-likeness (QED) is 0.788. The molecule has 1 amide bonds. The Morgan fingerprint density at radius 1 is 1.07 bits per heavy atom. The van der Waals surface area contributed by atoms with Crippen LogP contribution in [-0.2, 0) is 21.2 Å². The highest BCUT2D eigenvalue weighted by molar-refractivity contribution is 8.00. The van der Waals surface area contributed by atoms with Gasteiger partial charge < -0.3 is 5.32 Å². The minimum atomic E-state index is -3.71. The first-order valence-corrected chi connectivity index (χ1v) is 10.9. The van der Waals surface area contributed by atoms with Crippen LogP contribution in [0.1, 0.15) is 36.1 Å². The molecule has 2 aromatic carbocycles. The topological polar surface area (TPSA) is 87.6 Å². The molecule has 152 valence electrons. The Bertz CT molecular complexity index is 1110. The summed E-state index contributed by atoms with van der Waals surface area (Å²) in [5.41, 5.74) is 4.97. The molecule has 1 aliphatic rings. The molecule has 0 saturated heterocycles. The number of hydrogen-bond donors (Lipinski definition) is 2. The fourth-order valence-electron chi connectivity index (χ4n) is 3.19. The highest BCUT2D eigenvalue weighted by Crippen LogP contribution is 2.30. The van der Waals surface area contributed by atoms with Gasteiger partial charge in [0.05, 0.1) is 0 Å². The molecule has 2 aromatic rings. The van der Waals surface area contributed by atoms with Crippen LogP contribution in [0.2, 0.25) is 0 Å². The lowest BCUT2D eigenvalue weighted by Gasteiger charge is -2.08. The number of carbonyl (C=O) groups is 1. The fourth-order valence-corrected chi connectivity index (χ4v) is 4.71. The van der Waals surface area contributed by atoms with Crippen molar-refractivity contribution in [1.29, 1.82) is 0 Å². The van der Waals surface area contributed by atoms with E-state index in [1.54, 1.807) is 19.1 Å². The van der Waals surface area contributed by atoms with Crippen molar-refractivity contribution in [2.75, 3.05) is 11.9 Å². The number of carbonyl (C=O) groups excluding carboxylic acids is 1. The van der Waals surface area contributed by atoms with Gasteiger partial charge in [0.1, 0.15) is 17.3 Å². The zero-order valence-electron chi connectivity index (χ0n) is 17.0. The number of hydrogen-bond acceptors (Lipinski definition) is 4. The molecule has 1 heterocycles. The molecule has 0 bridgehead atoms.